The first-order chi connectivity index (χ1) is 14.2. The number of esters is 1. The van der Waals surface area contributed by atoms with Gasteiger partial charge in [-0.1, -0.05) is 41.5 Å². The highest BCUT2D eigenvalue weighted by Crippen LogP contribution is 2.19. The number of amides is 2. The normalized spacial score (nSPS) is 10.9. The fraction of sp³-hybridized carbons (Fsp3) is 0.0909. The van der Waals surface area contributed by atoms with Crippen LogP contribution in [0.3, 0.4) is 0 Å². The molecular formula is C22H20N2O5S. The highest BCUT2D eigenvalue weighted by Gasteiger charge is 2.17. The summed E-state index contributed by atoms with van der Waals surface area (Å²) in [4.78, 5) is 24.3. The lowest BCUT2D eigenvalue weighted by molar-refractivity contribution is 0.0735. The Balaban J connectivity index is 1.65. The summed E-state index contributed by atoms with van der Waals surface area (Å²) in [6.07, 6.45) is 0. The standard InChI is InChI=1S/C22H20N2O5S/c1-15-6-10-17(11-7-15)21(25)29-19-5-3-4-18(14-19)23-22(26)24-30(27,28)20-12-8-16(2)9-13-20/h3-14H,1-2H3,(H2,23,24,26). The van der Waals surface area contributed by atoms with Crippen molar-refractivity contribution >= 4 is 27.7 Å². The molecular weight excluding hydrogens is 404 g/mol. The maximum Gasteiger partial charge on any atom is 0.343 e. The van der Waals surface area contributed by atoms with Crippen molar-refractivity contribution < 1.29 is 22.7 Å². The zero-order chi connectivity index (χ0) is 21.7. The average Bonchev–Trinajstić information content (AvgIpc) is 2.68. The lowest BCUT2D eigenvalue weighted by Gasteiger charge is -2.10. The minimum atomic E-state index is -4.01. The quantitative estimate of drug-likeness (QED) is 0.476. The number of aryl methyl sites for hydroxylation is 2. The Morgan fingerprint density at radius 2 is 1.43 bits per heavy atom. The van der Waals surface area contributed by atoms with Gasteiger partial charge >= 0.3 is 12.0 Å². The van der Waals surface area contributed by atoms with Gasteiger partial charge < -0.3 is 10.1 Å². The van der Waals surface area contributed by atoms with Gasteiger partial charge in [0, 0.05) is 11.8 Å². The summed E-state index contributed by atoms with van der Waals surface area (Å²) in [5.74, 6) is -0.335. The van der Waals surface area contributed by atoms with Crippen LogP contribution in [0.4, 0.5) is 10.5 Å². The van der Waals surface area contributed by atoms with Gasteiger partial charge in [0.1, 0.15) is 5.75 Å². The minimum absolute atomic E-state index is 0.0240. The number of carbonyl (C=O) groups excluding carboxylic acids is 2. The summed E-state index contributed by atoms with van der Waals surface area (Å²) in [6, 6.07) is 18.2. The van der Waals surface area contributed by atoms with E-state index in [9.17, 15) is 18.0 Å². The van der Waals surface area contributed by atoms with Crippen LogP contribution >= 0.6 is 0 Å². The van der Waals surface area contributed by atoms with E-state index in [4.69, 9.17) is 4.74 Å². The van der Waals surface area contributed by atoms with Gasteiger partial charge in [-0.15, -0.1) is 0 Å². The number of nitrogens with one attached hydrogen (secondary N) is 2. The molecule has 0 saturated carbocycles. The lowest BCUT2D eigenvalue weighted by atomic mass is 10.1. The first-order valence-electron chi connectivity index (χ1n) is 9.02. The second kappa shape index (κ2) is 8.79. The predicted octanol–water partition coefficient (Wildman–Crippen LogP) is 4.03. The molecule has 0 bridgehead atoms. The van der Waals surface area contributed by atoms with Crippen LogP contribution in [0.5, 0.6) is 5.75 Å². The fourth-order valence-corrected chi connectivity index (χ4v) is 3.46. The molecule has 0 aliphatic heterocycles. The molecule has 0 unspecified atom stereocenters. The van der Waals surface area contributed by atoms with Gasteiger partial charge in [-0.05, 0) is 50.2 Å². The van der Waals surface area contributed by atoms with Crippen LogP contribution in [-0.2, 0) is 10.0 Å². The third kappa shape index (κ3) is 5.45. The van der Waals surface area contributed by atoms with Gasteiger partial charge in [0.2, 0.25) is 0 Å². The SMILES string of the molecule is Cc1ccc(C(=O)Oc2cccc(NC(=O)NS(=O)(=O)c3ccc(C)cc3)c2)cc1. The largest absolute Gasteiger partial charge is 0.423 e. The number of hydrogen-bond acceptors (Lipinski definition) is 5. The third-order valence-electron chi connectivity index (χ3n) is 4.15. The van der Waals surface area contributed by atoms with Crippen LogP contribution in [0, 0.1) is 13.8 Å². The molecule has 2 N–H and O–H groups in total. The van der Waals surface area contributed by atoms with E-state index in [1.165, 1.54) is 18.2 Å². The maximum atomic E-state index is 12.3. The van der Waals surface area contributed by atoms with Gasteiger partial charge in [-0.2, -0.15) is 0 Å². The molecule has 0 fully saturated rings. The molecule has 0 aliphatic carbocycles. The second-order valence-corrected chi connectivity index (χ2v) is 8.34. The monoisotopic (exact) mass is 424 g/mol. The van der Waals surface area contributed by atoms with Crippen molar-refractivity contribution in [2.75, 3.05) is 5.32 Å². The van der Waals surface area contributed by atoms with E-state index in [1.807, 2.05) is 18.6 Å². The molecule has 3 aromatic rings. The van der Waals surface area contributed by atoms with E-state index in [0.717, 1.165) is 11.1 Å². The minimum Gasteiger partial charge on any atom is -0.423 e. The van der Waals surface area contributed by atoms with E-state index >= 15 is 0 Å². The van der Waals surface area contributed by atoms with Crippen molar-refractivity contribution in [3.8, 4) is 5.75 Å². The molecule has 0 atom stereocenters. The van der Waals surface area contributed by atoms with Gasteiger partial charge in [0.15, 0.2) is 0 Å². The van der Waals surface area contributed by atoms with Crippen LogP contribution in [0.25, 0.3) is 0 Å². The van der Waals surface area contributed by atoms with Gasteiger partial charge in [0.25, 0.3) is 10.0 Å². The Kier molecular flexibility index (Phi) is 6.17. The molecule has 2 amide bonds. The number of rotatable bonds is 5. The summed E-state index contributed by atoms with van der Waals surface area (Å²) >= 11 is 0. The second-order valence-electron chi connectivity index (χ2n) is 6.66. The molecule has 0 heterocycles. The molecule has 7 nitrogen and oxygen atoms in total. The zero-order valence-electron chi connectivity index (χ0n) is 16.4. The average molecular weight is 424 g/mol. The molecule has 3 rings (SSSR count). The highest BCUT2D eigenvalue weighted by atomic mass is 32.2. The predicted molar refractivity (Wildman–Crippen MR) is 113 cm³/mol. The molecule has 8 heteroatoms. The summed E-state index contributed by atoms with van der Waals surface area (Å²) in [6.45, 7) is 3.74. The Labute approximate surface area is 174 Å². The van der Waals surface area contributed by atoms with Crippen molar-refractivity contribution in [2.24, 2.45) is 0 Å². The smallest absolute Gasteiger partial charge is 0.343 e. The number of anilines is 1. The molecule has 154 valence electrons. The number of sulfonamides is 1. The lowest BCUT2D eigenvalue weighted by Crippen LogP contribution is -2.34. The van der Waals surface area contributed by atoms with Crippen molar-refractivity contribution in [2.45, 2.75) is 18.7 Å². The van der Waals surface area contributed by atoms with Crippen LogP contribution < -0.4 is 14.8 Å². The van der Waals surface area contributed by atoms with Crippen molar-refractivity contribution in [1.82, 2.24) is 4.72 Å². The van der Waals surface area contributed by atoms with E-state index in [2.05, 4.69) is 5.32 Å². The van der Waals surface area contributed by atoms with E-state index in [-0.39, 0.29) is 16.3 Å². The van der Waals surface area contributed by atoms with Crippen molar-refractivity contribution in [1.29, 1.82) is 0 Å². The summed E-state index contributed by atoms with van der Waals surface area (Å²) < 4.78 is 31.9. The van der Waals surface area contributed by atoms with Crippen LogP contribution in [-0.4, -0.2) is 20.4 Å². The van der Waals surface area contributed by atoms with Crippen LogP contribution in [0.15, 0.2) is 77.7 Å². The number of urea groups is 1. The number of benzene rings is 3. The van der Waals surface area contributed by atoms with E-state index in [0.29, 0.717) is 5.56 Å². The summed E-state index contributed by atoms with van der Waals surface area (Å²) in [7, 11) is -4.01. The summed E-state index contributed by atoms with van der Waals surface area (Å²) in [5, 5.41) is 2.42. The zero-order valence-corrected chi connectivity index (χ0v) is 17.2. The first-order valence-corrected chi connectivity index (χ1v) is 10.5. The molecule has 0 radical (unpaired) electrons. The van der Waals surface area contributed by atoms with Gasteiger partial charge in [0.05, 0.1) is 10.5 Å². The topological polar surface area (TPSA) is 102 Å². The molecule has 0 saturated heterocycles. The van der Waals surface area contributed by atoms with Gasteiger partial charge in [-0.3, -0.25) is 0 Å². The first kappa shape index (κ1) is 21.1. The van der Waals surface area contributed by atoms with Crippen molar-refractivity contribution in [3.63, 3.8) is 0 Å². The van der Waals surface area contributed by atoms with Crippen LogP contribution in [0.2, 0.25) is 0 Å². The molecule has 30 heavy (non-hydrogen) atoms. The molecule has 0 spiro atoms. The Bertz CT molecular complexity index is 1170. The maximum absolute atomic E-state index is 12.3. The molecule has 0 aromatic heterocycles. The summed E-state index contributed by atoms with van der Waals surface area (Å²) in [5.41, 5.74) is 2.57. The third-order valence-corrected chi connectivity index (χ3v) is 5.49. The Hall–Kier alpha value is -3.65. The van der Waals surface area contributed by atoms with E-state index < -0.39 is 22.0 Å². The van der Waals surface area contributed by atoms with Gasteiger partial charge in [-0.25, -0.2) is 22.7 Å². The Morgan fingerprint density at radius 3 is 2.07 bits per heavy atom. The fourth-order valence-electron chi connectivity index (χ4n) is 2.55. The number of ether oxygens (including phenoxy) is 1. The Morgan fingerprint density at radius 1 is 0.833 bits per heavy atom. The highest BCUT2D eigenvalue weighted by molar-refractivity contribution is 7.90. The number of carbonyl (C=O) groups is 2. The molecule has 0 aliphatic rings. The molecule has 3 aromatic carbocycles. The van der Waals surface area contributed by atoms with E-state index in [1.54, 1.807) is 54.6 Å². The number of hydrogen-bond donors (Lipinski definition) is 2. The van der Waals surface area contributed by atoms with Crippen LogP contribution in [0.1, 0.15) is 21.5 Å². The van der Waals surface area contributed by atoms with Crippen molar-refractivity contribution in [3.05, 3.63) is 89.5 Å².